The predicted molar refractivity (Wildman–Crippen MR) is 80.1 cm³/mol. The summed E-state index contributed by atoms with van der Waals surface area (Å²) in [5.41, 5.74) is 4.42. The van der Waals surface area contributed by atoms with E-state index in [4.69, 9.17) is 0 Å². The number of hydrogen-bond donors (Lipinski definition) is 2. The molecule has 1 amide bonds. The molecule has 0 radical (unpaired) electrons. The lowest BCUT2D eigenvalue weighted by atomic mass is 10.1. The Morgan fingerprint density at radius 2 is 1.62 bits per heavy atom. The number of rotatable bonds is 4. The molecule has 2 aromatic carbocycles. The maximum absolute atomic E-state index is 12.0. The van der Waals surface area contributed by atoms with Crippen LogP contribution in [0.3, 0.4) is 0 Å². The lowest BCUT2D eigenvalue weighted by molar-refractivity contribution is 0.0945. The number of hydrazine groups is 1. The summed E-state index contributed by atoms with van der Waals surface area (Å²) < 4.78 is 24.1. The van der Waals surface area contributed by atoms with Gasteiger partial charge in [0.05, 0.1) is 4.90 Å². The van der Waals surface area contributed by atoms with Crippen LogP contribution in [0, 0.1) is 13.8 Å². The predicted octanol–water partition coefficient (Wildman–Crippen LogP) is 1.93. The fourth-order valence-electron chi connectivity index (χ4n) is 1.73. The minimum atomic E-state index is -3.78. The first-order chi connectivity index (χ1) is 9.88. The molecule has 0 aliphatic carbocycles. The maximum Gasteiger partial charge on any atom is 0.266 e. The number of carbonyl (C=O) groups is 1. The molecule has 5 nitrogen and oxygen atoms in total. The van der Waals surface area contributed by atoms with Crippen molar-refractivity contribution in [1.29, 1.82) is 0 Å². The first-order valence-corrected chi connectivity index (χ1v) is 7.82. The number of aryl methyl sites for hydroxylation is 2. The van der Waals surface area contributed by atoms with Crippen molar-refractivity contribution in [2.45, 2.75) is 18.7 Å². The Morgan fingerprint density at radius 3 is 2.24 bits per heavy atom. The van der Waals surface area contributed by atoms with Crippen LogP contribution in [-0.4, -0.2) is 14.3 Å². The third-order valence-corrected chi connectivity index (χ3v) is 4.16. The van der Waals surface area contributed by atoms with Gasteiger partial charge in [-0.1, -0.05) is 29.8 Å². The number of carbonyl (C=O) groups excluding carboxylic acids is 1. The van der Waals surface area contributed by atoms with Crippen LogP contribution in [0.2, 0.25) is 0 Å². The largest absolute Gasteiger partial charge is 0.273 e. The van der Waals surface area contributed by atoms with E-state index in [0.717, 1.165) is 11.1 Å². The van der Waals surface area contributed by atoms with E-state index in [-0.39, 0.29) is 4.90 Å². The zero-order chi connectivity index (χ0) is 15.5. The first-order valence-electron chi connectivity index (χ1n) is 6.34. The van der Waals surface area contributed by atoms with E-state index in [1.807, 2.05) is 6.92 Å². The fraction of sp³-hybridized carbons (Fsp3) is 0.133. The van der Waals surface area contributed by atoms with Gasteiger partial charge in [-0.15, -0.1) is 4.83 Å². The molecule has 0 aliphatic rings. The van der Waals surface area contributed by atoms with Crippen molar-refractivity contribution < 1.29 is 13.2 Å². The van der Waals surface area contributed by atoms with Gasteiger partial charge in [0.2, 0.25) is 0 Å². The van der Waals surface area contributed by atoms with Crippen molar-refractivity contribution in [2.75, 3.05) is 0 Å². The summed E-state index contributed by atoms with van der Waals surface area (Å²) >= 11 is 0. The average Bonchev–Trinajstić information content (AvgIpc) is 2.45. The summed E-state index contributed by atoms with van der Waals surface area (Å²) in [6.07, 6.45) is 0. The first kappa shape index (κ1) is 15.2. The van der Waals surface area contributed by atoms with Crippen LogP contribution in [0.4, 0.5) is 0 Å². The summed E-state index contributed by atoms with van der Waals surface area (Å²) in [6, 6.07) is 13.3. The number of amides is 1. The molecule has 0 fully saturated rings. The molecule has 110 valence electrons. The van der Waals surface area contributed by atoms with Gasteiger partial charge in [-0.05, 0) is 43.7 Å². The number of sulfonamides is 1. The van der Waals surface area contributed by atoms with E-state index in [2.05, 4.69) is 10.3 Å². The summed E-state index contributed by atoms with van der Waals surface area (Å²) in [4.78, 5) is 14.1. The van der Waals surface area contributed by atoms with Gasteiger partial charge < -0.3 is 0 Å². The van der Waals surface area contributed by atoms with Crippen LogP contribution in [0.25, 0.3) is 0 Å². The fourth-order valence-corrected chi connectivity index (χ4v) is 2.68. The highest BCUT2D eigenvalue weighted by Crippen LogP contribution is 2.10. The van der Waals surface area contributed by atoms with E-state index in [0.29, 0.717) is 5.56 Å². The van der Waals surface area contributed by atoms with Gasteiger partial charge in [0.15, 0.2) is 0 Å². The van der Waals surface area contributed by atoms with Crippen molar-refractivity contribution in [3.63, 3.8) is 0 Å². The smallest absolute Gasteiger partial charge is 0.266 e. The highest BCUT2D eigenvalue weighted by molar-refractivity contribution is 7.89. The minimum absolute atomic E-state index is 0.103. The van der Waals surface area contributed by atoms with Crippen molar-refractivity contribution in [3.8, 4) is 0 Å². The molecule has 2 aromatic rings. The number of hydrogen-bond acceptors (Lipinski definition) is 3. The van der Waals surface area contributed by atoms with Crippen molar-refractivity contribution in [3.05, 3.63) is 65.2 Å². The third kappa shape index (κ3) is 3.90. The molecule has 0 aromatic heterocycles. The Balaban J connectivity index is 2.08. The van der Waals surface area contributed by atoms with E-state index in [1.165, 1.54) is 12.1 Å². The van der Waals surface area contributed by atoms with Gasteiger partial charge in [0, 0.05) is 5.56 Å². The van der Waals surface area contributed by atoms with Crippen LogP contribution < -0.4 is 10.3 Å². The van der Waals surface area contributed by atoms with Crippen LogP contribution in [0.1, 0.15) is 21.5 Å². The molecule has 21 heavy (non-hydrogen) atoms. The number of nitrogens with one attached hydrogen (secondary N) is 2. The van der Waals surface area contributed by atoms with Crippen LogP contribution in [-0.2, 0) is 10.0 Å². The molecule has 0 saturated heterocycles. The van der Waals surface area contributed by atoms with E-state index in [1.54, 1.807) is 43.3 Å². The molecule has 0 atom stereocenters. The van der Waals surface area contributed by atoms with Gasteiger partial charge >= 0.3 is 0 Å². The normalized spacial score (nSPS) is 11.1. The van der Waals surface area contributed by atoms with Gasteiger partial charge in [-0.25, -0.2) is 8.42 Å². The summed E-state index contributed by atoms with van der Waals surface area (Å²) in [6.45, 7) is 3.70. The Kier molecular flexibility index (Phi) is 4.40. The van der Waals surface area contributed by atoms with Gasteiger partial charge in [0.1, 0.15) is 0 Å². The third-order valence-electron chi connectivity index (χ3n) is 2.91. The van der Waals surface area contributed by atoms with Gasteiger partial charge in [-0.3, -0.25) is 10.2 Å². The second kappa shape index (κ2) is 6.07. The zero-order valence-electron chi connectivity index (χ0n) is 11.8. The molecule has 0 aliphatic heterocycles. The molecule has 0 heterocycles. The van der Waals surface area contributed by atoms with Crippen molar-refractivity contribution >= 4 is 15.9 Å². The lowest BCUT2D eigenvalue weighted by Crippen LogP contribution is -2.41. The second-order valence-electron chi connectivity index (χ2n) is 4.74. The standard InChI is InChI=1S/C15H16N2O3S/c1-11-6-8-13(9-7-11)15(18)16-17-21(19,20)14-5-3-4-12(2)10-14/h3-10,17H,1-2H3,(H,16,18). The molecule has 0 saturated carbocycles. The lowest BCUT2D eigenvalue weighted by Gasteiger charge is -2.09. The van der Waals surface area contributed by atoms with Crippen molar-refractivity contribution in [1.82, 2.24) is 10.3 Å². The molecular formula is C15H16N2O3S. The SMILES string of the molecule is Cc1ccc(C(=O)NNS(=O)(=O)c2cccc(C)c2)cc1. The van der Waals surface area contributed by atoms with E-state index < -0.39 is 15.9 Å². The zero-order valence-corrected chi connectivity index (χ0v) is 12.6. The summed E-state index contributed by atoms with van der Waals surface area (Å²) in [5, 5.41) is 0. The second-order valence-corrected chi connectivity index (χ2v) is 6.42. The Bertz CT molecular complexity index is 753. The van der Waals surface area contributed by atoms with Crippen LogP contribution >= 0.6 is 0 Å². The topological polar surface area (TPSA) is 75.3 Å². The monoisotopic (exact) mass is 304 g/mol. The molecule has 6 heteroatoms. The maximum atomic E-state index is 12.0. The van der Waals surface area contributed by atoms with E-state index >= 15 is 0 Å². The summed E-state index contributed by atoms with van der Waals surface area (Å²) in [7, 11) is -3.78. The molecule has 0 bridgehead atoms. The molecule has 0 unspecified atom stereocenters. The minimum Gasteiger partial charge on any atom is -0.273 e. The van der Waals surface area contributed by atoms with Gasteiger partial charge in [-0.2, -0.15) is 0 Å². The molecule has 0 spiro atoms. The van der Waals surface area contributed by atoms with Crippen LogP contribution in [0.5, 0.6) is 0 Å². The highest BCUT2D eigenvalue weighted by atomic mass is 32.2. The molecule has 2 rings (SSSR count). The Labute approximate surface area is 124 Å². The summed E-state index contributed by atoms with van der Waals surface area (Å²) in [5.74, 6) is -0.508. The Morgan fingerprint density at radius 1 is 0.952 bits per heavy atom. The van der Waals surface area contributed by atoms with Crippen LogP contribution in [0.15, 0.2) is 53.4 Å². The molecular weight excluding hydrogens is 288 g/mol. The quantitative estimate of drug-likeness (QED) is 0.848. The Hall–Kier alpha value is -2.18. The average molecular weight is 304 g/mol. The van der Waals surface area contributed by atoms with Crippen molar-refractivity contribution in [2.24, 2.45) is 0 Å². The molecule has 2 N–H and O–H groups in total. The van der Waals surface area contributed by atoms with E-state index in [9.17, 15) is 13.2 Å². The number of benzene rings is 2. The van der Waals surface area contributed by atoms with Gasteiger partial charge in [0.25, 0.3) is 15.9 Å². The highest BCUT2D eigenvalue weighted by Gasteiger charge is 2.15.